The summed E-state index contributed by atoms with van der Waals surface area (Å²) in [6, 6.07) is 5.46. The predicted octanol–water partition coefficient (Wildman–Crippen LogP) is 4.31. The molecule has 0 aromatic heterocycles. The molecule has 1 aromatic carbocycles. The number of carbonyl (C=O) groups excluding carboxylic acids is 1. The molecule has 0 spiro atoms. The first-order valence-corrected chi connectivity index (χ1v) is 7.57. The van der Waals surface area contributed by atoms with E-state index in [2.05, 4.69) is 4.90 Å². The van der Waals surface area contributed by atoms with Crippen LogP contribution in [0.25, 0.3) is 6.08 Å². The van der Waals surface area contributed by atoms with E-state index >= 15 is 0 Å². The summed E-state index contributed by atoms with van der Waals surface area (Å²) in [6.45, 7) is 0.817. The number of halogens is 2. The van der Waals surface area contributed by atoms with Crippen molar-refractivity contribution in [1.29, 1.82) is 0 Å². The predicted molar refractivity (Wildman–Crippen MR) is 85.3 cm³/mol. The van der Waals surface area contributed by atoms with Crippen LogP contribution in [0.2, 0.25) is 10.0 Å². The molecule has 0 aliphatic heterocycles. The quantitative estimate of drug-likeness (QED) is 0.775. The maximum Gasteiger partial charge on any atom is 0.163 e. The average Bonchev–Trinajstić information content (AvgIpc) is 2.38. The zero-order valence-corrected chi connectivity index (χ0v) is 13.3. The highest BCUT2D eigenvalue weighted by Crippen LogP contribution is 2.29. The Balaban J connectivity index is 2.20. The minimum Gasteiger partial charge on any atom is -0.309 e. The summed E-state index contributed by atoms with van der Waals surface area (Å²) < 4.78 is 0. The second kappa shape index (κ2) is 6.75. The topological polar surface area (TPSA) is 20.3 Å². The number of allylic oxidation sites excluding steroid dienone is 1. The van der Waals surface area contributed by atoms with Crippen molar-refractivity contribution in [2.75, 3.05) is 20.6 Å². The fraction of sp³-hybridized carbons (Fsp3) is 0.438. The second-order valence-electron chi connectivity index (χ2n) is 5.56. The Labute approximate surface area is 130 Å². The molecule has 0 bridgehead atoms. The molecule has 1 aromatic rings. The minimum atomic E-state index is 0.118. The van der Waals surface area contributed by atoms with Crippen molar-refractivity contribution in [3.8, 4) is 0 Å². The van der Waals surface area contributed by atoms with Gasteiger partial charge in [-0.05, 0) is 62.7 Å². The van der Waals surface area contributed by atoms with Gasteiger partial charge in [-0.3, -0.25) is 4.79 Å². The Bertz CT molecular complexity index is 537. The lowest BCUT2D eigenvalue weighted by atomic mass is 9.83. The van der Waals surface area contributed by atoms with Crippen LogP contribution in [-0.4, -0.2) is 31.3 Å². The highest BCUT2D eigenvalue weighted by atomic mass is 35.5. The maximum atomic E-state index is 12.5. The molecule has 0 amide bonds. The number of ketones is 1. The van der Waals surface area contributed by atoms with Crippen LogP contribution in [0, 0.1) is 5.92 Å². The monoisotopic (exact) mass is 311 g/mol. The summed E-state index contributed by atoms with van der Waals surface area (Å²) in [6.07, 6.45) is 4.85. The van der Waals surface area contributed by atoms with Gasteiger partial charge in [0.2, 0.25) is 0 Å². The zero-order valence-electron chi connectivity index (χ0n) is 11.8. The van der Waals surface area contributed by atoms with Crippen LogP contribution >= 0.6 is 23.2 Å². The van der Waals surface area contributed by atoms with Gasteiger partial charge in [0, 0.05) is 12.5 Å². The molecule has 1 atom stereocenters. The van der Waals surface area contributed by atoms with Gasteiger partial charge >= 0.3 is 0 Å². The van der Waals surface area contributed by atoms with Crippen molar-refractivity contribution in [2.24, 2.45) is 5.92 Å². The smallest absolute Gasteiger partial charge is 0.163 e. The summed E-state index contributed by atoms with van der Waals surface area (Å²) >= 11 is 11.9. The van der Waals surface area contributed by atoms with Crippen LogP contribution in [0.15, 0.2) is 23.8 Å². The van der Waals surface area contributed by atoms with Gasteiger partial charge in [-0.15, -0.1) is 0 Å². The van der Waals surface area contributed by atoms with E-state index in [0.29, 0.717) is 10.0 Å². The largest absolute Gasteiger partial charge is 0.309 e. The highest BCUT2D eigenvalue weighted by molar-refractivity contribution is 6.42. The molecular formula is C16H19Cl2NO. The third-order valence-corrected chi connectivity index (χ3v) is 4.30. The van der Waals surface area contributed by atoms with Crippen molar-refractivity contribution in [2.45, 2.75) is 19.3 Å². The van der Waals surface area contributed by atoms with Crippen LogP contribution in [-0.2, 0) is 4.79 Å². The SMILES string of the molecule is CN(C)C[C@@H]1CCC/C(=C/c2ccc(Cl)c(Cl)c2)C1=O. The lowest BCUT2D eigenvalue weighted by Crippen LogP contribution is -2.31. The first kappa shape index (κ1) is 15.6. The Morgan fingerprint density at radius 1 is 1.30 bits per heavy atom. The van der Waals surface area contributed by atoms with Crippen LogP contribution in [0.1, 0.15) is 24.8 Å². The van der Waals surface area contributed by atoms with E-state index in [4.69, 9.17) is 23.2 Å². The summed E-state index contributed by atoms with van der Waals surface area (Å²) in [5.41, 5.74) is 1.84. The molecule has 0 saturated heterocycles. The van der Waals surface area contributed by atoms with Gasteiger partial charge in [-0.2, -0.15) is 0 Å². The molecule has 0 radical (unpaired) electrons. The molecule has 1 saturated carbocycles. The second-order valence-corrected chi connectivity index (χ2v) is 6.37. The Kier molecular flexibility index (Phi) is 5.25. The van der Waals surface area contributed by atoms with Crippen molar-refractivity contribution in [3.63, 3.8) is 0 Å². The molecule has 0 heterocycles. The van der Waals surface area contributed by atoms with Crippen LogP contribution < -0.4 is 0 Å². The van der Waals surface area contributed by atoms with Gasteiger partial charge in [-0.25, -0.2) is 0 Å². The van der Waals surface area contributed by atoms with E-state index < -0.39 is 0 Å². The van der Waals surface area contributed by atoms with Crippen LogP contribution in [0.4, 0.5) is 0 Å². The Morgan fingerprint density at radius 3 is 2.70 bits per heavy atom. The number of carbonyl (C=O) groups is 1. The van der Waals surface area contributed by atoms with Crippen molar-refractivity contribution in [1.82, 2.24) is 4.90 Å². The van der Waals surface area contributed by atoms with E-state index in [-0.39, 0.29) is 11.7 Å². The van der Waals surface area contributed by atoms with E-state index in [9.17, 15) is 4.79 Å². The Hall–Kier alpha value is -0.830. The van der Waals surface area contributed by atoms with Crippen molar-refractivity contribution < 1.29 is 4.79 Å². The zero-order chi connectivity index (χ0) is 14.7. The van der Waals surface area contributed by atoms with Crippen LogP contribution in [0.5, 0.6) is 0 Å². The van der Waals surface area contributed by atoms with Gasteiger partial charge in [0.1, 0.15) is 0 Å². The standard InChI is InChI=1S/C16H19Cl2NO/c1-19(2)10-13-5-3-4-12(16(13)20)8-11-6-7-14(17)15(18)9-11/h6-9,13H,3-5,10H2,1-2H3/b12-8-/t13-/m0/s1. The fourth-order valence-corrected chi connectivity index (χ4v) is 2.92. The number of Topliss-reactive ketones (excluding diaryl/α,β-unsaturated/α-hetero) is 1. The minimum absolute atomic E-state index is 0.118. The van der Waals surface area contributed by atoms with Gasteiger partial charge in [-0.1, -0.05) is 29.3 Å². The van der Waals surface area contributed by atoms with E-state index in [1.54, 1.807) is 12.1 Å². The molecule has 2 nitrogen and oxygen atoms in total. The summed E-state index contributed by atoms with van der Waals surface area (Å²) in [7, 11) is 4.01. The number of benzene rings is 1. The van der Waals surface area contributed by atoms with Crippen molar-refractivity contribution in [3.05, 3.63) is 39.4 Å². The summed E-state index contributed by atoms with van der Waals surface area (Å²) in [5, 5.41) is 1.06. The number of rotatable bonds is 3. The maximum absolute atomic E-state index is 12.5. The molecule has 20 heavy (non-hydrogen) atoms. The molecular weight excluding hydrogens is 293 g/mol. The molecule has 0 unspecified atom stereocenters. The van der Waals surface area contributed by atoms with Gasteiger partial charge in [0.15, 0.2) is 5.78 Å². The first-order chi connectivity index (χ1) is 9.47. The third-order valence-electron chi connectivity index (χ3n) is 3.56. The number of nitrogens with zero attached hydrogens (tertiary/aromatic N) is 1. The van der Waals surface area contributed by atoms with Crippen LogP contribution in [0.3, 0.4) is 0 Å². The lowest BCUT2D eigenvalue weighted by Gasteiger charge is -2.25. The van der Waals surface area contributed by atoms with Crippen molar-refractivity contribution >= 4 is 35.1 Å². The molecule has 1 fully saturated rings. The normalized spacial score (nSPS) is 21.8. The summed E-state index contributed by atoms with van der Waals surface area (Å²) in [5.74, 6) is 0.392. The molecule has 4 heteroatoms. The first-order valence-electron chi connectivity index (χ1n) is 6.82. The number of hydrogen-bond donors (Lipinski definition) is 0. The fourth-order valence-electron chi connectivity index (χ4n) is 2.62. The highest BCUT2D eigenvalue weighted by Gasteiger charge is 2.26. The Morgan fingerprint density at radius 2 is 2.05 bits per heavy atom. The van der Waals surface area contributed by atoms with E-state index in [1.807, 2.05) is 26.2 Å². The molecule has 1 aliphatic rings. The van der Waals surface area contributed by atoms with Gasteiger partial charge < -0.3 is 4.90 Å². The third kappa shape index (κ3) is 3.85. The van der Waals surface area contributed by atoms with Gasteiger partial charge in [0.05, 0.1) is 10.0 Å². The van der Waals surface area contributed by atoms with E-state index in [0.717, 1.165) is 36.9 Å². The lowest BCUT2D eigenvalue weighted by molar-refractivity contribution is -0.120. The number of hydrogen-bond acceptors (Lipinski definition) is 2. The molecule has 0 N–H and O–H groups in total. The van der Waals surface area contributed by atoms with Gasteiger partial charge in [0.25, 0.3) is 0 Å². The molecule has 2 rings (SSSR count). The van der Waals surface area contributed by atoms with E-state index in [1.165, 1.54) is 0 Å². The molecule has 1 aliphatic carbocycles. The summed E-state index contributed by atoms with van der Waals surface area (Å²) in [4.78, 5) is 14.5. The average molecular weight is 312 g/mol. The molecule has 108 valence electrons.